The van der Waals surface area contributed by atoms with E-state index < -0.39 is 5.41 Å². The Bertz CT molecular complexity index is 2290. The van der Waals surface area contributed by atoms with Crippen molar-refractivity contribution in [1.29, 1.82) is 0 Å². The average Bonchev–Trinajstić information content (AvgIpc) is 3.47. The van der Waals surface area contributed by atoms with Gasteiger partial charge in [0.1, 0.15) is 6.17 Å². The predicted octanol–water partition coefficient (Wildman–Crippen LogP) is 12.1. The Hall–Kier alpha value is -6.06. The summed E-state index contributed by atoms with van der Waals surface area (Å²) in [5, 5.41) is 0. The first-order valence-electron chi connectivity index (χ1n) is 19.7. The van der Waals surface area contributed by atoms with Crippen molar-refractivity contribution in [3.63, 3.8) is 0 Å². The first-order valence-corrected chi connectivity index (χ1v) is 19.7. The lowest BCUT2D eigenvalue weighted by Gasteiger charge is -2.37. The first kappa shape index (κ1) is 34.7. The zero-order chi connectivity index (χ0) is 37.2. The van der Waals surface area contributed by atoms with E-state index in [9.17, 15) is 0 Å². The third-order valence-corrected chi connectivity index (χ3v) is 12.1. The minimum atomic E-state index is -0.440. The van der Waals surface area contributed by atoms with E-state index in [1.807, 2.05) is 12.4 Å². The number of anilines is 1. The van der Waals surface area contributed by atoms with Gasteiger partial charge >= 0.3 is 0 Å². The normalized spacial score (nSPS) is 18.9. The second kappa shape index (κ2) is 14.6. The molecule has 9 rings (SSSR count). The Labute approximate surface area is 326 Å². The molecule has 0 amide bonds. The Morgan fingerprint density at radius 2 is 1.09 bits per heavy atom. The van der Waals surface area contributed by atoms with Crippen LogP contribution in [0.5, 0.6) is 0 Å². The van der Waals surface area contributed by atoms with Gasteiger partial charge in [0, 0.05) is 29.2 Å². The number of hydrogen-bond donors (Lipinski definition) is 0. The smallest absolute Gasteiger partial charge is 0.144 e. The van der Waals surface area contributed by atoms with Crippen molar-refractivity contribution in [3.8, 4) is 0 Å². The molecular weight excluding hydrogens is 667 g/mol. The number of allylic oxidation sites excluding steroid dienone is 9. The molecule has 5 aromatic carbocycles. The Morgan fingerprint density at radius 1 is 0.564 bits per heavy atom. The van der Waals surface area contributed by atoms with Crippen molar-refractivity contribution >= 4 is 24.2 Å². The summed E-state index contributed by atoms with van der Waals surface area (Å²) in [6.07, 6.45) is 17.5. The molecule has 1 atom stereocenters. The maximum atomic E-state index is 4.86. The van der Waals surface area contributed by atoms with Crippen LogP contribution in [0.3, 0.4) is 0 Å². The van der Waals surface area contributed by atoms with E-state index in [0.717, 1.165) is 25.7 Å². The number of benzene rings is 5. The Kier molecular flexibility index (Phi) is 9.23. The van der Waals surface area contributed by atoms with Crippen molar-refractivity contribution in [2.45, 2.75) is 51.1 Å². The second-order valence-electron chi connectivity index (χ2n) is 15.6. The van der Waals surface area contributed by atoms with Crippen molar-refractivity contribution < 1.29 is 0 Å². The van der Waals surface area contributed by atoms with Crippen LogP contribution in [0.4, 0.5) is 5.69 Å². The van der Waals surface area contributed by atoms with Crippen LogP contribution in [-0.4, -0.2) is 25.1 Å². The van der Waals surface area contributed by atoms with Gasteiger partial charge in [0.2, 0.25) is 0 Å². The molecule has 1 unspecified atom stereocenters. The van der Waals surface area contributed by atoms with Crippen LogP contribution in [0.2, 0.25) is 0 Å². The van der Waals surface area contributed by atoms with E-state index in [2.05, 4.69) is 194 Å². The van der Waals surface area contributed by atoms with Gasteiger partial charge in [0.15, 0.2) is 0 Å². The number of fused-ring (bicyclic) bond motifs is 1. The molecule has 5 aromatic rings. The number of rotatable bonds is 9. The fraction of sp³-hybridized carbons (Fsp3) is 0.192. The van der Waals surface area contributed by atoms with Gasteiger partial charge in [0.25, 0.3) is 0 Å². The number of para-hydroxylation sites is 1. The predicted molar refractivity (Wildman–Crippen MR) is 231 cm³/mol. The molecule has 3 heteroatoms. The van der Waals surface area contributed by atoms with Crippen LogP contribution in [0.1, 0.15) is 67.3 Å². The van der Waals surface area contributed by atoms with Crippen LogP contribution in [0, 0.1) is 5.41 Å². The number of hydrogen-bond acceptors (Lipinski definition) is 3. The molecule has 270 valence electrons. The molecule has 3 aliphatic carbocycles. The molecule has 3 nitrogen and oxygen atoms in total. The van der Waals surface area contributed by atoms with Crippen LogP contribution in [-0.2, 0) is 5.41 Å². The molecule has 1 aliphatic heterocycles. The third kappa shape index (κ3) is 6.28. The van der Waals surface area contributed by atoms with Gasteiger partial charge in [-0.2, -0.15) is 0 Å². The van der Waals surface area contributed by atoms with E-state index in [0.29, 0.717) is 6.54 Å². The molecule has 0 bridgehead atoms. The molecule has 0 saturated heterocycles. The van der Waals surface area contributed by atoms with Crippen molar-refractivity contribution in [2.75, 3.05) is 11.4 Å². The van der Waals surface area contributed by atoms with Crippen molar-refractivity contribution in [3.05, 3.63) is 225 Å². The van der Waals surface area contributed by atoms with Gasteiger partial charge in [-0.15, -0.1) is 0 Å². The van der Waals surface area contributed by atoms with Crippen molar-refractivity contribution in [1.82, 2.24) is 0 Å². The van der Waals surface area contributed by atoms with E-state index in [-0.39, 0.29) is 11.6 Å². The summed E-state index contributed by atoms with van der Waals surface area (Å²) >= 11 is 0. The molecule has 1 heterocycles. The quantitative estimate of drug-likeness (QED) is 0.140. The molecule has 4 aliphatic rings. The summed E-state index contributed by atoms with van der Waals surface area (Å²) in [7, 11) is 0. The minimum Gasteiger partial charge on any atom is -0.321 e. The minimum absolute atomic E-state index is 0.0231. The van der Waals surface area contributed by atoms with Crippen LogP contribution >= 0.6 is 0 Å². The highest BCUT2D eigenvalue weighted by Gasteiger charge is 2.41. The van der Waals surface area contributed by atoms with Crippen molar-refractivity contribution in [2.24, 2.45) is 15.4 Å². The summed E-state index contributed by atoms with van der Waals surface area (Å²) in [5.74, 6) is 0. The van der Waals surface area contributed by atoms with Gasteiger partial charge in [-0.3, -0.25) is 9.98 Å². The molecule has 55 heavy (non-hydrogen) atoms. The lowest BCUT2D eigenvalue weighted by atomic mass is 9.65. The van der Waals surface area contributed by atoms with Gasteiger partial charge in [0.05, 0.1) is 12.0 Å². The monoisotopic (exact) mass is 713 g/mol. The van der Waals surface area contributed by atoms with E-state index >= 15 is 0 Å². The molecule has 0 fully saturated rings. The standard InChI is InChI=1S/C52H47N3/c1-51(2)48-35-39(27-31-46(48)47-32-30-45(36-49(47)51)55(44-21-13-6-14-22-44)50-37-53-33-34-54-50)24-23-38-25-28-43(29-26-38)52(40-15-7-3-8-16-40,41-17-9-4-10-18-41)42-19-11-5-12-20-42/h3-26,28-29,33-36,50H,27,30-32,37H2,1-2H3/b24-23+. The lowest BCUT2D eigenvalue weighted by Crippen LogP contribution is -2.37. The van der Waals surface area contributed by atoms with E-state index in [4.69, 9.17) is 4.99 Å². The summed E-state index contributed by atoms with van der Waals surface area (Å²) < 4.78 is 0. The summed E-state index contributed by atoms with van der Waals surface area (Å²) in [6, 6.07) is 52.8. The Balaban J connectivity index is 1.01. The summed E-state index contributed by atoms with van der Waals surface area (Å²) in [4.78, 5) is 11.9. The topological polar surface area (TPSA) is 28.0 Å². The average molecular weight is 714 g/mol. The van der Waals surface area contributed by atoms with Crippen LogP contribution in [0.25, 0.3) is 6.08 Å². The number of aliphatic imine (C=N–C) groups is 2. The molecule has 0 radical (unpaired) electrons. The number of nitrogens with zero attached hydrogens (tertiary/aromatic N) is 3. The molecule has 0 aromatic heterocycles. The zero-order valence-corrected chi connectivity index (χ0v) is 31.8. The maximum absolute atomic E-state index is 4.86. The molecule has 0 spiro atoms. The zero-order valence-electron chi connectivity index (χ0n) is 31.8. The maximum Gasteiger partial charge on any atom is 0.144 e. The first-order chi connectivity index (χ1) is 27.0. The summed E-state index contributed by atoms with van der Waals surface area (Å²) in [5.41, 5.74) is 15.7. The molecule has 0 N–H and O–H groups in total. The highest BCUT2D eigenvalue weighted by atomic mass is 15.3. The van der Waals surface area contributed by atoms with Crippen LogP contribution in [0.15, 0.2) is 207 Å². The SMILES string of the molecule is CC1(C)C2=C(CCC(/C=C/c3ccc(C(c4ccccc4)(c4ccccc4)c4ccccc4)cc3)=C2)C2=C1C=C(N(c1ccccc1)C1CN=CC=N1)CC2. The highest BCUT2D eigenvalue weighted by Crippen LogP contribution is 2.55. The fourth-order valence-corrected chi connectivity index (χ4v) is 9.44. The molecular formula is C52H47N3. The highest BCUT2D eigenvalue weighted by molar-refractivity contribution is 6.16. The third-order valence-electron chi connectivity index (χ3n) is 12.1. The summed E-state index contributed by atoms with van der Waals surface area (Å²) in [6.45, 7) is 5.50. The van der Waals surface area contributed by atoms with Gasteiger partial charge < -0.3 is 4.90 Å². The van der Waals surface area contributed by atoms with Gasteiger partial charge in [-0.25, -0.2) is 0 Å². The van der Waals surface area contributed by atoms with Gasteiger partial charge in [-0.1, -0.05) is 166 Å². The largest absolute Gasteiger partial charge is 0.321 e. The second-order valence-corrected chi connectivity index (χ2v) is 15.6. The van der Waals surface area contributed by atoms with Crippen LogP contribution < -0.4 is 4.90 Å². The molecule has 0 saturated carbocycles. The van der Waals surface area contributed by atoms with E-state index in [1.165, 1.54) is 55.9 Å². The van der Waals surface area contributed by atoms with E-state index in [1.54, 1.807) is 11.1 Å². The van der Waals surface area contributed by atoms with Gasteiger partial charge in [-0.05, 0) is 99.6 Å². The Morgan fingerprint density at radius 3 is 1.65 bits per heavy atom. The lowest BCUT2D eigenvalue weighted by molar-refractivity contribution is 0.562. The fourth-order valence-electron chi connectivity index (χ4n) is 9.44.